The third-order valence-corrected chi connectivity index (χ3v) is 3.72. The summed E-state index contributed by atoms with van der Waals surface area (Å²) in [5.74, 6) is 0.543. The van der Waals surface area contributed by atoms with E-state index in [0.29, 0.717) is 5.92 Å². The lowest BCUT2D eigenvalue weighted by atomic mass is 10.0. The fourth-order valence-electron chi connectivity index (χ4n) is 2.57. The molecule has 0 saturated carbocycles. The van der Waals surface area contributed by atoms with Crippen molar-refractivity contribution in [2.75, 3.05) is 23.7 Å². The molecule has 0 aliphatic rings. The van der Waals surface area contributed by atoms with Gasteiger partial charge in [-0.2, -0.15) is 0 Å². The lowest BCUT2D eigenvalue weighted by molar-refractivity contribution is 0.865. The summed E-state index contributed by atoms with van der Waals surface area (Å²) in [5.41, 5.74) is 6.46. The maximum absolute atomic E-state index is 3.53. The van der Waals surface area contributed by atoms with Gasteiger partial charge in [0.25, 0.3) is 0 Å². The van der Waals surface area contributed by atoms with E-state index >= 15 is 0 Å². The van der Waals surface area contributed by atoms with E-state index in [2.05, 4.69) is 80.8 Å². The summed E-state index contributed by atoms with van der Waals surface area (Å²) in [4.78, 5) is 0. The van der Waals surface area contributed by atoms with Crippen molar-refractivity contribution in [2.45, 2.75) is 33.6 Å². The Morgan fingerprint density at radius 2 is 1.52 bits per heavy atom. The minimum absolute atomic E-state index is 0.543. The van der Waals surface area contributed by atoms with E-state index in [0.717, 1.165) is 13.1 Å². The number of benzene rings is 2. The summed E-state index contributed by atoms with van der Waals surface area (Å²) in [7, 11) is 0. The fourth-order valence-corrected chi connectivity index (χ4v) is 2.57. The number of para-hydroxylation sites is 1. The van der Waals surface area contributed by atoms with Crippen LogP contribution < -0.4 is 10.6 Å². The maximum Gasteiger partial charge on any atom is 0.0375 e. The van der Waals surface area contributed by atoms with Crippen LogP contribution in [0.15, 0.2) is 42.5 Å². The Bertz CT molecular complexity index is 588. The van der Waals surface area contributed by atoms with Crippen LogP contribution in [-0.4, -0.2) is 13.1 Å². The van der Waals surface area contributed by atoms with Crippen molar-refractivity contribution < 1.29 is 0 Å². The number of anilines is 2. The average Bonchev–Trinajstić information content (AvgIpc) is 2.45. The van der Waals surface area contributed by atoms with Crippen molar-refractivity contribution in [3.8, 4) is 0 Å². The first-order valence-corrected chi connectivity index (χ1v) is 7.72. The molecule has 112 valence electrons. The van der Waals surface area contributed by atoms with Crippen LogP contribution in [0, 0.1) is 13.8 Å². The molecule has 0 amide bonds. The second-order valence-electron chi connectivity index (χ2n) is 5.91. The smallest absolute Gasteiger partial charge is 0.0375 e. The molecule has 0 saturated heterocycles. The first kappa shape index (κ1) is 15.4. The number of aryl methyl sites for hydroxylation is 2. The number of hydrogen-bond donors (Lipinski definition) is 2. The van der Waals surface area contributed by atoms with Gasteiger partial charge in [-0.25, -0.2) is 0 Å². The highest BCUT2D eigenvalue weighted by molar-refractivity contribution is 5.54. The first-order chi connectivity index (χ1) is 10.1. The molecule has 0 unspecified atom stereocenters. The molecule has 2 aromatic carbocycles. The summed E-state index contributed by atoms with van der Waals surface area (Å²) >= 11 is 0. The largest absolute Gasteiger partial charge is 0.383 e. The van der Waals surface area contributed by atoms with E-state index in [4.69, 9.17) is 0 Å². The lowest BCUT2D eigenvalue weighted by Crippen LogP contribution is -2.15. The summed E-state index contributed by atoms with van der Waals surface area (Å²) in [5, 5.41) is 7.03. The molecule has 2 rings (SSSR count). The molecule has 0 atom stereocenters. The third-order valence-electron chi connectivity index (χ3n) is 3.72. The lowest BCUT2D eigenvalue weighted by Gasteiger charge is -2.15. The van der Waals surface area contributed by atoms with Crippen LogP contribution >= 0.6 is 0 Å². The van der Waals surface area contributed by atoms with Crippen molar-refractivity contribution in [1.29, 1.82) is 0 Å². The van der Waals surface area contributed by atoms with Gasteiger partial charge in [-0.05, 0) is 43.0 Å². The topological polar surface area (TPSA) is 24.1 Å². The Morgan fingerprint density at radius 1 is 0.857 bits per heavy atom. The molecule has 0 fully saturated rings. The molecule has 0 heterocycles. The minimum Gasteiger partial charge on any atom is -0.383 e. The zero-order valence-electron chi connectivity index (χ0n) is 13.5. The Kier molecular flexibility index (Phi) is 5.26. The van der Waals surface area contributed by atoms with Gasteiger partial charge in [0.2, 0.25) is 0 Å². The van der Waals surface area contributed by atoms with E-state index in [1.165, 1.54) is 28.1 Å². The molecular weight excluding hydrogens is 256 g/mol. The average molecular weight is 282 g/mol. The van der Waals surface area contributed by atoms with Gasteiger partial charge in [-0.1, -0.05) is 49.7 Å². The summed E-state index contributed by atoms with van der Waals surface area (Å²) < 4.78 is 0. The fraction of sp³-hybridized carbons (Fsp3) is 0.368. The van der Waals surface area contributed by atoms with E-state index in [1.54, 1.807) is 0 Å². The van der Waals surface area contributed by atoms with E-state index in [-0.39, 0.29) is 0 Å². The highest BCUT2D eigenvalue weighted by Crippen LogP contribution is 2.23. The monoisotopic (exact) mass is 282 g/mol. The molecule has 0 aliphatic carbocycles. The van der Waals surface area contributed by atoms with Gasteiger partial charge in [0.15, 0.2) is 0 Å². The molecule has 2 nitrogen and oxygen atoms in total. The highest BCUT2D eigenvalue weighted by Gasteiger charge is 2.04. The molecule has 2 aromatic rings. The highest BCUT2D eigenvalue weighted by atomic mass is 14.9. The standard InChI is InChI=1S/C19H26N2/c1-14(2)17-7-5-6-8-19(17)21-12-11-20-18-10-9-15(3)13-16(18)4/h5-10,13-14,20-21H,11-12H2,1-4H3. The predicted molar refractivity (Wildman–Crippen MR) is 93.4 cm³/mol. The van der Waals surface area contributed by atoms with Gasteiger partial charge in [-0.3, -0.25) is 0 Å². The van der Waals surface area contributed by atoms with E-state index < -0.39 is 0 Å². The molecule has 0 spiro atoms. The Labute approximate surface area is 128 Å². The number of nitrogens with one attached hydrogen (secondary N) is 2. The molecule has 0 aromatic heterocycles. The van der Waals surface area contributed by atoms with Crippen molar-refractivity contribution >= 4 is 11.4 Å². The van der Waals surface area contributed by atoms with Crippen molar-refractivity contribution in [3.63, 3.8) is 0 Å². The predicted octanol–water partition coefficient (Wildman–Crippen LogP) is 4.95. The second-order valence-corrected chi connectivity index (χ2v) is 5.91. The van der Waals surface area contributed by atoms with Crippen molar-refractivity contribution in [2.24, 2.45) is 0 Å². The Balaban J connectivity index is 1.88. The van der Waals surface area contributed by atoms with Crippen LogP contribution in [0.4, 0.5) is 11.4 Å². The van der Waals surface area contributed by atoms with Crippen LogP contribution in [-0.2, 0) is 0 Å². The van der Waals surface area contributed by atoms with E-state index in [1.807, 2.05) is 0 Å². The molecule has 0 radical (unpaired) electrons. The van der Waals surface area contributed by atoms with Gasteiger partial charge >= 0.3 is 0 Å². The Hall–Kier alpha value is -1.96. The zero-order valence-corrected chi connectivity index (χ0v) is 13.5. The van der Waals surface area contributed by atoms with Gasteiger partial charge < -0.3 is 10.6 Å². The number of hydrogen-bond acceptors (Lipinski definition) is 2. The third kappa shape index (κ3) is 4.25. The second kappa shape index (κ2) is 7.16. The summed E-state index contributed by atoms with van der Waals surface area (Å²) in [6, 6.07) is 15.1. The van der Waals surface area contributed by atoms with Gasteiger partial charge in [0.1, 0.15) is 0 Å². The molecule has 0 aliphatic heterocycles. The van der Waals surface area contributed by atoms with Crippen molar-refractivity contribution in [3.05, 3.63) is 59.2 Å². The SMILES string of the molecule is Cc1ccc(NCCNc2ccccc2C(C)C)c(C)c1. The molecular formula is C19H26N2. The Morgan fingerprint density at radius 3 is 2.19 bits per heavy atom. The zero-order chi connectivity index (χ0) is 15.2. The maximum atomic E-state index is 3.53. The molecule has 21 heavy (non-hydrogen) atoms. The van der Waals surface area contributed by atoms with Gasteiger partial charge in [0.05, 0.1) is 0 Å². The quantitative estimate of drug-likeness (QED) is 0.732. The van der Waals surface area contributed by atoms with E-state index in [9.17, 15) is 0 Å². The van der Waals surface area contributed by atoms with Gasteiger partial charge in [-0.15, -0.1) is 0 Å². The number of rotatable bonds is 6. The molecule has 2 heteroatoms. The molecule has 2 N–H and O–H groups in total. The minimum atomic E-state index is 0.543. The molecule has 0 bridgehead atoms. The summed E-state index contributed by atoms with van der Waals surface area (Å²) in [6.07, 6.45) is 0. The normalized spacial score (nSPS) is 10.7. The van der Waals surface area contributed by atoms with Gasteiger partial charge in [0, 0.05) is 24.5 Å². The van der Waals surface area contributed by atoms with Crippen LogP contribution in [0.1, 0.15) is 36.5 Å². The van der Waals surface area contributed by atoms with Crippen LogP contribution in [0.3, 0.4) is 0 Å². The van der Waals surface area contributed by atoms with Crippen LogP contribution in [0.5, 0.6) is 0 Å². The van der Waals surface area contributed by atoms with Crippen LogP contribution in [0.2, 0.25) is 0 Å². The van der Waals surface area contributed by atoms with Crippen molar-refractivity contribution in [1.82, 2.24) is 0 Å². The summed E-state index contributed by atoms with van der Waals surface area (Å²) in [6.45, 7) is 10.6. The first-order valence-electron chi connectivity index (χ1n) is 7.72. The van der Waals surface area contributed by atoms with Crippen LogP contribution in [0.25, 0.3) is 0 Å².